The fourth-order valence-electron chi connectivity index (χ4n) is 3.70. The molecule has 0 bridgehead atoms. The summed E-state index contributed by atoms with van der Waals surface area (Å²) in [4.78, 5) is 18.4. The number of amides is 1. The van der Waals surface area contributed by atoms with Gasteiger partial charge < -0.3 is 10.1 Å². The molecule has 3 aromatic heterocycles. The van der Waals surface area contributed by atoms with Gasteiger partial charge in [-0.1, -0.05) is 54.6 Å². The molecule has 35 heavy (non-hydrogen) atoms. The number of nitrogens with one attached hydrogen (secondary N) is 1. The summed E-state index contributed by atoms with van der Waals surface area (Å²) in [5, 5.41) is 9.76. The molecule has 5 aromatic rings. The van der Waals surface area contributed by atoms with Crippen LogP contribution in [0.3, 0.4) is 0 Å². The molecule has 0 unspecified atom stereocenters. The Balaban J connectivity index is 1.28. The second kappa shape index (κ2) is 10.8. The number of ether oxygens (including phenoxy) is 1. The predicted octanol–water partition coefficient (Wildman–Crippen LogP) is 5.56. The van der Waals surface area contributed by atoms with Gasteiger partial charge in [0, 0.05) is 18.9 Å². The van der Waals surface area contributed by atoms with Crippen molar-refractivity contribution in [2.24, 2.45) is 0 Å². The predicted molar refractivity (Wildman–Crippen MR) is 137 cm³/mol. The molecule has 0 saturated heterocycles. The lowest BCUT2D eigenvalue weighted by Gasteiger charge is -2.09. The highest BCUT2D eigenvalue weighted by Gasteiger charge is 2.19. The average molecular weight is 481 g/mol. The number of thiophene rings is 1. The number of aromatic nitrogens is 3. The Morgan fingerprint density at radius 3 is 2.60 bits per heavy atom. The maximum Gasteiger partial charge on any atom is 0.255 e. The average Bonchev–Trinajstić information content (AvgIpc) is 3.58. The van der Waals surface area contributed by atoms with E-state index in [1.165, 1.54) is 0 Å². The number of hydrogen-bond acceptors (Lipinski definition) is 5. The summed E-state index contributed by atoms with van der Waals surface area (Å²) in [6.07, 6.45) is 3.57. The van der Waals surface area contributed by atoms with Crippen molar-refractivity contribution in [2.45, 2.75) is 19.7 Å². The maximum atomic E-state index is 13.2. The number of pyridine rings is 1. The van der Waals surface area contributed by atoms with Gasteiger partial charge in [0.05, 0.1) is 22.7 Å². The van der Waals surface area contributed by atoms with Crippen LogP contribution in [0, 0.1) is 0 Å². The molecule has 7 heteroatoms. The van der Waals surface area contributed by atoms with Crippen molar-refractivity contribution in [1.82, 2.24) is 20.1 Å². The molecule has 5 rings (SSSR count). The smallest absolute Gasteiger partial charge is 0.255 e. The van der Waals surface area contributed by atoms with E-state index < -0.39 is 0 Å². The number of hydrogen-bond donors (Lipinski definition) is 1. The topological polar surface area (TPSA) is 69.0 Å². The monoisotopic (exact) mass is 480 g/mol. The van der Waals surface area contributed by atoms with Crippen LogP contribution in [0.25, 0.3) is 10.6 Å². The minimum atomic E-state index is -0.160. The summed E-state index contributed by atoms with van der Waals surface area (Å²) in [6.45, 7) is 1.37. The van der Waals surface area contributed by atoms with E-state index in [4.69, 9.17) is 9.84 Å². The quantitative estimate of drug-likeness (QED) is 0.300. The van der Waals surface area contributed by atoms with E-state index in [9.17, 15) is 4.79 Å². The second-order valence-electron chi connectivity index (χ2n) is 7.99. The minimum absolute atomic E-state index is 0.160. The summed E-state index contributed by atoms with van der Waals surface area (Å²) in [6, 6.07) is 27.5. The van der Waals surface area contributed by atoms with Gasteiger partial charge in [-0.15, -0.1) is 11.3 Å². The largest absolute Gasteiger partial charge is 0.487 e. The molecule has 0 aliphatic carbocycles. The molecule has 1 amide bonds. The van der Waals surface area contributed by atoms with Crippen molar-refractivity contribution in [2.75, 3.05) is 0 Å². The van der Waals surface area contributed by atoms with Crippen molar-refractivity contribution >= 4 is 17.2 Å². The normalized spacial score (nSPS) is 10.7. The first-order valence-electron chi connectivity index (χ1n) is 11.3. The zero-order valence-corrected chi connectivity index (χ0v) is 19.8. The lowest BCUT2D eigenvalue weighted by molar-refractivity contribution is 0.0951. The molecule has 174 valence electrons. The van der Waals surface area contributed by atoms with Gasteiger partial charge in [0.2, 0.25) is 0 Å². The summed E-state index contributed by atoms with van der Waals surface area (Å²) < 4.78 is 7.69. The summed E-state index contributed by atoms with van der Waals surface area (Å²) in [7, 11) is 0. The van der Waals surface area contributed by atoms with Crippen LogP contribution in [0.5, 0.6) is 5.75 Å². The second-order valence-corrected chi connectivity index (χ2v) is 8.94. The lowest BCUT2D eigenvalue weighted by Crippen LogP contribution is -2.23. The number of carbonyl (C=O) groups excluding carboxylic acids is 1. The van der Waals surface area contributed by atoms with Gasteiger partial charge in [0.1, 0.15) is 18.1 Å². The number of benzene rings is 2. The molecule has 0 saturated carbocycles. The van der Waals surface area contributed by atoms with Gasteiger partial charge in [0.15, 0.2) is 0 Å². The highest BCUT2D eigenvalue weighted by Crippen LogP contribution is 2.27. The molecule has 0 fully saturated rings. The van der Waals surface area contributed by atoms with E-state index in [2.05, 4.69) is 22.4 Å². The van der Waals surface area contributed by atoms with E-state index in [0.29, 0.717) is 31.0 Å². The first-order valence-corrected chi connectivity index (χ1v) is 12.2. The fourth-order valence-corrected chi connectivity index (χ4v) is 4.42. The third-order valence-corrected chi connectivity index (χ3v) is 6.29. The van der Waals surface area contributed by atoms with Gasteiger partial charge in [-0.2, -0.15) is 5.10 Å². The third-order valence-electron chi connectivity index (χ3n) is 5.41. The molecule has 0 aliphatic rings. The highest BCUT2D eigenvalue weighted by atomic mass is 32.1. The van der Waals surface area contributed by atoms with Crippen LogP contribution in [0.1, 0.15) is 27.2 Å². The Kier molecular flexibility index (Phi) is 6.96. The number of rotatable bonds is 9. The lowest BCUT2D eigenvalue weighted by atomic mass is 10.2. The molecule has 0 aliphatic heterocycles. The number of nitrogens with zero attached hydrogens (tertiary/aromatic N) is 3. The Bertz CT molecular complexity index is 1380. The van der Waals surface area contributed by atoms with Crippen LogP contribution in [-0.4, -0.2) is 20.7 Å². The van der Waals surface area contributed by atoms with E-state index in [0.717, 1.165) is 27.4 Å². The summed E-state index contributed by atoms with van der Waals surface area (Å²) in [5.74, 6) is 0.574. The van der Waals surface area contributed by atoms with Gasteiger partial charge >= 0.3 is 0 Å². The Labute approximate surface area is 207 Å². The van der Waals surface area contributed by atoms with Crippen LogP contribution in [0.2, 0.25) is 0 Å². The van der Waals surface area contributed by atoms with E-state index >= 15 is 0 Å². The molecule has 6 nitrogen and oxygen atoms in total. The molecular weight excluding hydrogens is 456 g/mol. The van der Waals surface area contributed by atoms with Gasteiger partial charge in [-0.3, -0.25) is 14.5 Å². The van der Waals surface area contributed by atoms with Crippen LogP contribution < -0.4 is 10.1 Å². The molecule has 0 radical (unpaired) electrons. The third kappa shape index (κ3) is 5.83. The highest BCUT2D eigenvalue weighted by molar-refractivity contribution is 7.13. The van der Waals surface area contributed by atoms with Crippen molar-refractivity contribution < 1.29 is 9.53 Å². The molecular formula is C28H24N4O2S. The molecule has 0 spiro atoms. The Hall–Kier alpha value is -4.23. The fraction of sp³-hybridized carbons (Fsp3) is 0.107. The first-order chi connectivity index (χ1) is 17.2. The molecule has 2 aromatic carbocycles. The van der Waals surface area contributed by atoms with Gasteiger partial charge in [-0.05, 0) is 46.8 Å². The summed E-state index contributed by atoms with van der Waals surface area (Å²) in [5.41, 5.74) is 4.19. The van der Waals surface area contributed by atoms with Crippen LogP contribution in [0.15, 0.2) is 103 Å². The van der Waals surface area contributed by atoms with Crippen molar-refractivity contribution in [3.8, 4) is 16.3 Å². The molecule has 3 heterocycles. The van der Waals surface area contributed by atoms with Crippen molar-refractivity contribution in [3.05, 3.63) is 125 Å². The maximum absolute atomic E-state index is 13.2. The molecule has 0 atom stereocenters. The van der Waals surface area contributed by atoms with Crippen molar-refractivity contribution in [3.63, 3.8) is 0 Å². The molecule has 1 N–H and O–H groups in total. The zero-order chi connectivity index (χ0) is 23.9. The van der Waals surface area contributed by atoms with Crippen LogP contribution in [-0.2, 0) is 19.7 Å². The van der Waals surface area contributed by atoms with E-state index in [1.807, 2.05) is 89.1 Å². The standard InChI is InChI=1S/C28H24N4O2S/c33-28(30-17-22-10-6-12-24(16-22)34-20-23-11-4-5-14-29-23)25-19-32(18-21-8-2-1-3-9-21)31-27(25)26-13-7-15-35-26/h1-16,19H,17-18,20H2,(H,30,33). The van der Waals surface area contributed by atoms with E-state index in [-0.39, 0.29) is 5.91 Å². The Morgan fingerprint density at radius 2 is 1.80 bits per heavy atom. The van der Waals surface area contributed by atoms with Crippen molar-refractivity contribution in [1.29, 1.82) is 0 Å². The zero-order valence-electron chi connectivity index (χ0n) is 19.0. The van der Waals surface area contributed by atoms with Gasteiger partial charge in [0.25, 0.3) is 5.91 Å². The van der Waals surface area contributed by atoms with Gasteiger partial charge in [-0.25, -0.2) is 0 Å². The van der Waals surface area contributed by atoms with Crippen LogP contribution >= 0.6 is 11.3 Å². The Morgan fingerprint density at radius 1 is 0.943 bits per heavy atom. The number of carbonyl (C=O) groups is 1. The SMILES string of the molecule is O=C(NCc1cccc(OCc2ccccn2)c1)c1cn(Cc2ccccc2)nc1-c1cccs1. The minimum Gasteiger partial charge on any atom is -0.487 e. The van der Waals surface area contributed by atoms with Crippen LogP contribution in [0.4, 0.5) is 0 Å². The summed E-state index contributed by atoms with van der Waals surface area (Å²) >= 11 is 1.57. The first kappa shape index (κ1) is 22.6. The van der Waals surface area contributed by atoms with E-state index in [1.54, 1.807) is 17.5 Å².